The Kier molecular flexibility index (Phi) is 4.45. The molecule has 2 heterocycles. The van der Waals surface area contributed by atoms with Crippen LogP contribution in [0.25, 0.3) is 0 Å². The number of amides is 1. The van der Waals surface area contributed by atoms with Crippen LogP contribution in [-0.4, -0.2) is 25.7 Å². The lowest BCUT2D eigenvalue weighted by Crippen LogP contribution is -2.29. The molecule has 1 amide bonds. The van der Waals surface area contributed by atoms with Crippen LogP contribution >= 0.6 is 0 Å². The van der Waals surface area contributed by atoms with Gasteiger partial charge in [-0.2, -0.15) is 5.10 Å². The largest absolute Gasteiger partial charge is 0.343 e. The van der Waals surface area contributed by atoms with Gasteiger partial charge in [0.05, 0.1) is 17.9 Å². The maximum absolute atomic E-state index is 12.3. The van der Waals surface area contributed by atoms with Gasteiger partial charge in [-0.15, -0.1) is 0 Å². The van der Waals surface area contributed by atoms with Crippen LogP contribution in [0.3, 0.4) is 0 Å². The Bertz CT molecular complexity index is 564. The van der Waals surface area contributed by atoms with Gasteiger partial charge in [0.1, 0.15) is 5.69 Å². The number of hydrogen-bond acceptors (Lipinski definition) is 4. The van der Waals surface area contributed by atoms with Crippen LogP contribution in [0.1, 0.15) is 43.0 Å². The van der Waals surface area contributed by atoms with Gasteiger partial charge in [0.15, 0.2) is 0 Å². The average molecular weight is 273 g/mol. The molecule has 0 bridgehead atoms. The van der Waals surface area contributed by atoms with E-state index >= 15 is 0 Å². The van der Waals surface area contributed by atoms with E-state index in [1.807, 2.05) is 6.92 Å². The molecule has 0 fully saturated rings. The van der Waals surface area contributed by atoms with Crippen molar-refractivity contribution in [3.63, 3.8) is 0 Å². The molecule has 6 nitrogen and oxygen atoms in total. The van der Waals surface area contributed by atoms with E-state index < -0.39 is 0 Å². The Labute approximate surface area is 118 Å². The van der Waals surface area contributed by atoms with Crippen molar-refractivity contribution in [1.29, 1.82) is 0 Å². The molecule has 1 atom stereocenters. The normalized spacial score (nSPS) is 12.4. The van der Waals surface area contributed by atoms with E-state index in [1.54, 1.807) is 35.5 Å². The third-order valence-electron chi connectivity index (χ3n) is 2.86. The first kappa shape index (κ1) is 14.2. The van der Waals surface area contributed by atoms with Crippen LogP contribution in [0.4, 0.5) is 0 Å². The topological polar surface area (TPSA) is 72.7 Å². The maximum atomic E-state index is 12.3. The van der Waals surface area contributed by atoms with Gasteiger partial charge >= 0.3 is 0 Å². The molecule has 20 heavy (non-hydrogen) atoms. The second-order valence-corrected chi connectivity index (χ2v) is 5.12. The van der Waals surface area contributed by atoms with E-state index in [-0.39, 0.29) is 11.9 Å². The number of aromatic nitrogens is 4. The minimum absolute atomic E-state index is 0.152. The van der Waals surface area contributed by atoms with Crippen molar-refractivity contribution in [2.45, 2.75) is 33.4 Å². The zero-order chi connectivity index (χ0) is 14.5. The summed E-state index contributed by atoms with van der Waals surface area (Å²) in [5.74, 6) is 0.278. The maximum Gasteiger partial charge on any atom is 0.270 e. The van der Waals surface area contributed by atoms with Crippen LogP contribution in [0.2, 0.25) is 0 Å². The molecule has 2 aromatic rings. The van der Waals surface area contributed by atoms with Gasteiger partial charge in [0.25, 0.3) is 5.91 Å². The molecule has 0 radical (unpaired) electrons. The highest BCUT2D eigenvalue weighted by Gasteiger charge is 2.16. The molecule has 0 aromatic carbocycles. The second-order valence-electron chi connectivity index (χ2n) is 5.12. The predicted octanol–water partition coefficient (Wildman–Crippen LogP) is 1.82. The fourth-order valence-electron chi connectivity index (χ4n) is 1.90. The van der Waals surface area contributed by atoms with Crippen molar-refractivity contribution in [2.24, 2.45) is 5.92 Å². The minimum atomic E-state index is -0.196. The number of rotatable bonds is 5. The standard InChI is InChI=1S/C14H19N5O/c1-10(2)9-19-13(4-5-17-19)14(20)18-11(3)12-8-15-6-7-16-12/h4-8,10-11H,9H2,1-3H3,(H,18,20). The highest BCUT2D eigenvalue weighted by molar-refractivity contribution is 5.92. The first-order chi connectivity index (χ1) is 9.58. The average Bonchev–Trinajstić information content (AvgIpc) is 2.87. The molecule has 0 spiro atoms. The minimum Gasteiger partial charge on any atom is -0.343 e. The smallest absolute Gasteiger partial charge is 0.270 e. The molecule has 0 saturated carbocycles. The highest BCUT2D eigenvalue weighted by atomic mass is 16.2. The van der Waals surface area contributed by atoms with Gasteiger partial charge in [0, 0.05) is 25.1 Å². The van der Waals surface area contributed by atoms with Crippen molar-refractivity contribution in [2.75, 3.05) is 0 Å². The number of hydrogen-bond donors (Lipinski definition) is 1. The summed E-state index contributed by atoms with van der Waals surface area (Å²) in [5, 5.41) is 7.10. The van der Waals surface area contributed by atoms with E-state index in [4.69, 9.17) is 0 Å². The van der Waals surface area contributed by atoms with Gasteiger partial charge in [-0.3, -0.25) is 19.4 Å². The van der Waals surface area contributed by atoms with E-state index in [0.29, 0.717) is 11.6 Å². The summed E-state index contributed by atoms with van der Waals surface area (Å²) in [6, 6.07) is 1.53. The van der Waals surface area contributed by atoms with Crippen molar-refractivity contribution >= 4 is 5.91 Å². The SMILES string of the molecule is CC(C)Cn1nccc1C(=O)NC(C)c1cnccn1. The first-order valence-corrected chi connectivity index (χ1v) is 6.66. The molecule has 1 N–H and O–H groups in total. The van der Waals surface area contributed by atoms with Crippen LogP contribution in [-0.2, 0) is 6.54 Å². The molecule has 0 aliphatic carbocycles. The summed E-state index contributed by atoms with van der Waals surface area (Å²) >= 11 is 0. The lowest BCUT2D eigenvalue weighted by atomic mass is 10.2. The Morgan fingerprint density at radius 3 is 2.75 bits per heavy atom. The Morgan fingerprint density at radius 2 is 2.10 bits per heavy atom. The Hall–Kier alpha value is -2.24. The second kappa shape index (κ2) is 6.27. The number of carbonyl (C=O) groups is 1. The summed E-state index contributed by atoms with van der Waals surface area (Å²) in [5.41, 5.74) is 1.30. The summed E-state index contributed by atoms with van der Waals surface area (Å²) in [4.78, 5) is 20.5. The first-order valence-electron chi connectivity index (χ1n) is 6.66. The Balaban J connectivity index is 2.07. The molecule has 0 aliphatic rings. The van der Waals surface area contributed by atoms with Gasteiger partial charge in [0.2, 0.25) is 0 Å². The zero-order valence-corrected chi connectivity index (χ0v) is 11.9. The quantitative estimate of drug-likeness (QED) is 0.902. The monoisotopic (exact) mass is 273 g/mol. The molecule has 2 rings (SSSR count). The zero-order valence-electron chi connectivity index (χ0n) is 11.9. The molecule has 2 aromatic heterocycles. The van der Waals surface area contributed by atoms with Crippen molar-refractivity contribution in [3.05, 3.63) is 42.2 Å². The van der Waals surface area contributed by atoms with Gasteiger partial charge in [-0.05, 0) is 18.9 Å². The van der Waals surface area contributed by atoms with Gasteiger partial charge in [-0.1, -0.05) is 13.8 Å². The molecule has 6 heteroatoms. The third kappa shape index (κ3) is 3.40. The summed E-state index contributed by atoms with van der Waals surface area (Å²) in [6.07, 6.45) is 6.51. The molecule has 1 unspecified atom stereocenters. The van der Waals surface area contributed by atoms with Crippen molar-refractivity contribution in [1.82, 2.24) is 25.1 Å². The number of nitrogens with one attached hydrogen (secondary N) is 1. The van der Waals surface area contributed by atoms with E-state index in [0.717, 1.165) is 12.2 Å². The van der Waals surface area contributed by atoms with Crippen LogP contribution in [0.15, 0.2) is 30.9 Å². The number of nitrogens with zero attached hydrogens (tertiary/aromatic N) is 4. The summed E-state index contributed by atoms with van der Waals surface area (Å²) in [7, 11) is 0. The third-order valence-corrected chi connectivity index (χ3v) is 2.86. The van der Waals surface area contributed by atoms with Crippen LogP contribution in [0.5, 0.6) is 0 Å². The predicted molar refractivity (Wildman–Crippen MR) is 75.0 cm³/mol. The molecular weight excluding hydrogens is 254 g/mol. The lowest BCUT2D eigenvalue weighted by Gasteiger charge is -2.14. The molecule has 106 valence electrons. The van der Waals surface area contributed by atoms with E-state index in [2.05, 4.69) is 34.2 Å². The number of carbonyl (C=O) groups excluding carboxylic acids is 1. The lowest BCUT2D eigenvalue weighted by molar-refractivity contribution is 0.0927. The molecule has 0 aliphatic heterocycles. The highest BCUT2D eigenvalue weighted by Crippen LogP contribution is 2.09. The van der Waals surface area contributed by atoms with Crippen molar-refractivity contribution < 1.29 is 4.79 Å². The molecule has 0 saturated heterocycles. The van der Waals surface area contributed by atoms with E-state index in [9.17, 15) is 4.79 Å². The summed E-state index contributed by atoms with van der Waals surface area (Å²) in [6.45, 7) is 6.78. The van der Waals surface area contributed by atoms with E-state index in [1.165, 1.54) is 0 Å². The summed E-state index contributed by atoms with van der Waals surface area (Å²) < 4.78 is 1.73. The fourth-order valence-corrected chi connectivity index (χ4v) is 1.90. The van der Waals surface area contributed by atoms with Crippen molar-refractivity contribution in [3.8, 4) is 0 Å². The van der Waals surface area contributed by atoms with Gasteiger partial charge < -0.3 is 5.32 Å². The van der Waals surface area contributed by atoms with Crippen LogP contribution < -0.4 is 5.32 Å². The van der Waals surface area contributed by atoms with Gasteiger partial charge in [-0.25, -0.2) is 0 Å². The Morgan fingerprint density at radius 1 is 1.30 bits per heavy atom. The van der Waals surface area contributed by atoms with Crippen LogP contribution in [0, 0.1) is 5.92 Å². The fraction of sp³-hybridized carbons (Fsp3) is 0.429. The molecular formula is C14H19N5O.